The summed E-state index contributed by atoms with van der Waals surface area (Å²) in [6, 6.07) is 9.42. The van der Waals surface area contributed by atoms with Gasteiger partial charge in [-0.25, -0.2) is 4.98 Å². The standard InChI is InChI=1S/C18H14N4OS/c1-10-7-11(2)16-15(8-10)21-18(24-16)22-17(23)12-3-4-13-14(9-12)20-6-5-19-13/h3-9H,1-2H3,(H,21,22,23). The highest BCUT2D eigenvalue weighted by Gasteiger charge is 2.12. The van der Waals surface area contributed by atoms with Gasteiger partial charge in [0.05, 0.1) is 21.3 Å². The van der Waals surface area contributed by atoms with Crippen LogP contribution < -0.4 is 5.32 Å². The van der Waals surface area contributed by atoms with E-state index in [4.69, 9.17) is 0 Å². The Kier molecular flexibility index (Phi) is 3.46. The van der Waals surface area contributed by atoms with Gasteiger partial charge < -0.3 is 0 Å². The molecule has 118 valence electrons. The lowest BCUT2D eigenvalue weighted by molar-refractivity contribution is 0.102. The number of nitrogens with zero attached hydrogens (tertiary/aromatic N) is 3. The number of fused-ring (bicyclic) bond motifs is 2. The smallest absolute Gasteiger partial charge is 0.257 e. The molecule has 2 aromatic heterocycles. The van der Waals surface area contributed by atoms with Crippen molar-refractivity contribution in [2.24, 2.45) is 0 Å². The molecule has 0 aliphatic rings. The number of thiazole rings is 1. The maximum absolute atomic E-state index is 12.5. The zero-order chi connectivity index (χ0) is 16.7. The van der Waals surface area contributed by atoms with Gasteiger partial charge in [0.1, 0.15) is 0 Å². The van der Waals surface area contributed by atoms with Crippen molar-refractivity contribution in [2.45, 2.75) is 13.8 Å². The molecule has 2 aromatic carbocycles. The van der Waals surface area contributed by atoms with Crippen LogP contribution in [0.4, 0.5) is 5.13 Å². The Morgan fingerprint density at radius 2 is 1.79 bits per heavy atom. The van der Waals surface area contributed by atoms with Gasteiger partial charge in [-0.15, -0.1) is 0 Å². The fourth-order valence-electron chi connectivity index (χ4n) is 2.70. The molecule has 0 saturated heterocycles. The second-order valence-electron chi connectivity index (χ2n) is 5.66. The molecule has 24 heavy (non-hydrogen) atoms. The summed E-state index contributed by atoms with van der Waals surface area (Å²) < 4.78 is 1.10. The first-order chi connectivity index (χ1) is 11.6. The SMILES string of the molecule is Cc1cc(C)c2sc(NC(=O)c3ccc4nccnc4c3)nc2c1. The first-order valence-electron chi connectivity index (χ1n) is 7.50. The van der Waals surface area contributed by atoms with Gasteiger partial charge in [-0.05, 0) is 49.2 Å². The van der Waals surface area contributed by atoms with E-state index >= 15 is 0 Å². The summed E-state index contributed by atoms with van der Waals surface area (Å²) in [6.07, 6.45) is 3.25. The zero-order valence-corrected chi connectivity index (χ0v) is 14.0. The van der Waals surface area contributed by atoms with Crippen molar-refractivity contribution in [2.75, 3.05) is 5.32 Å². The number of amides is 1. The molecule has 0 aliphatic carbocycles. The van der Waals surface area contributed by atoms with E-state index in [0.29, 0.717) is 16.2 Å². The minimum Gasteiger partial charge on any atom is -0.298 e. The van der Waals surface area contributed by atoms with Gasteiger partial charge in [0.15, 0.2) is 5.13 Å². The van der Waals surface area contributed by atoms with E-state index < -0.39 is 0 Å². The monoisotopic (exact) mass is 334 g/mol. The van der Waals surface area contributed by atoms with Gasteiger partial charge in [0, 0.05) is 18.0 Å². The Balaban J connectivity index is 1.66. The number of anilines is 1. The van der Waals surface area contributed by atoms with Gasteiger partial charge in [-0.3, -0.25) is 20.1 Å². The minimum atomic E-state index is -0.198. The van der Waals surface area contributed by atoms with Crippen LogP contribution in [-0.4, -0.2) is 20.9 Å². The maximum atomic E-state index is 12.5. The molecule has 4 aromatic rings. The molecule has 0 bridgehead atoms. The molecular weight excluding hydrogens is 320 g/mol. The van der Waals surface area contributed by atoms with E-state index in [0.717, 1.165) is 21.3 Å². The molecule has 5 nitrogen and oxygen atoms in total. The van der Waals surface area contributed by atoms with Crippen LogP contribution in [0.15, 0.2) is 42.7 Å². The summed E-state index contributed by atoms with van der Waals surface area (Å²) in [5, 5.41) is 3.48. The fraction of sp³-hybridized carbons (Fsp3) is 0.111. The van der Waals surface area contributed by atoms with Crippen molar-refractivity contribution in [3.05, 3.63) is 59.4 Å². The third-order valence-electron chi connectivity index (χ3n) is 3.77. The van der Waals surface area contributed by atoms with Crippen molar-refractivity contribution < 1.29 is 4.79 Å². The van der Waals surface area contributed by atoms with Gasteiger partial charge in [-0.1, -0.05) is 17.4 Å². The first-order valence-corrected chi connectivity index (χ1v) is 8.32. The molecule has 0 saturated carbocycles. The number of rotatable bonds is 2. The number of hydrogen-bond donors (Lipinski definition) is 1. The molecule has 0 atom stereocenters. The van der Waals surface area contributed by atoms with Crippen molar-refractivity contribution in [3.63, 3.8) is 0 Å². The summed E-state index contributed by atoms with van der Waals surface area (Å²) in [6.45, 7) is 4.10. The number of carbonyl (C=O) groups excluding carboxylic acids is 1. The van der Waals surface area contributed by atoms with Crippen molar-refractivity contribution >= 4 is 43.6 Å². The predicted molar refractivity (Wildman–Crippen MR) is 96.6 cm³/mol. The van der Waals surface area contributed by atoms with Gasteiger partial charge in [0.2, 0.25) is 0 Å². The third-order valence-corrected chi connectivity index (χ3v) is 4.89. The Bertz CT molecular complexity index is 1090. The van der Waals surface area contributed by atoms with E-state index in [2.05, 4.69) is 33.3 Å². The molecule has 1 amide bonds. The molecule has 0 unspecified atom stereocenters. The molecule has 0 spiro atoms. The van der Waals surface area contributed by atoms with E-state index in [1.807, 2.05) is 13.0 Å². The van der Waals surface area contributed by atoms with E-state index in [1.165, 1.54) is 16.9 Å². The van der Waals surface area contributed by atoms with Crippen LogP contribution in [-0.2, 0) is 0 Å². The molecule has 6 heteroatoms. The molecule has 1 N–H and O–H groups in total. The van der Waals surface area contributed by atoms with Crippen molar-refractivity contribution in [3.8, 4) is 0 Å². The largest absolute Gasteiger partial charge is 0.298 e. The van der Waals surface area contributed by atoms with Crippen LogP contribution in [0.1, 0.15) is 21.5 Å². The molecule has 0 radical (unpaired) electrons. The highest BCUT2D eigenvalue weighted by atomic mass is 32.1. The summed E-state index contributed by atoms with van der Waals surface area (Å²) >= 11 is 1.49. The highest BCUT2D eigenvalue weighted by molar-refractivity contribution is 7.22. The van der Waals surface area contributed by atoms with Gasteiger partial charge in [0.25, 0.3) is 5.91 Å². The topological polar surface area (TPSA) is 67.8 Å². The lowest BCUT2D eigenvalue weighted by Crippen LogP contribution is -2.11. The molecule has 0 aliphatic heterocycles. The number of nitrogens with one attached hydrogen (secondary N) is 1. The van der Waals surface area contributed by atoms with Crippen LogP contribution in [0.2, 0.25) is 0 Å². The summed E-state index contributed by atoms with van der Waals surface area (Å²) in [7, 11) is 0. The van der Waals surface area contributed by atoms with Crippen LogP contribution >= 0.6 is 11.3 Å². The van der Waals surface area contributed by atoms with Crippen LogP contribution in [0.3, 0.4) is 0 Å². The number of aromatic nitrogens is 3. The Morgan fingerprint density at radius 1 is 1.00 bits per heavy atom. The van der Waals surface area contributed by atoms with Gasteiger partial charge >= 0.3 is 0 Å². The lowest BCUT2D eigenvalue weighted by atomic mass is 10.1. The molecule has 4 rings (SSSR count). The lowest BCUT2D eigenvalue weighted by Gasteiger charge is -2.02. The average Bonchev–Trinajstić information content (AvgIpc) is 2.97. The molecule has 2 heterocycles. The van der Waals surface area contributed by atoms with E-state index in [-0.39, 0.29) is 5.91 Å². The second kappa shape index (κ2) is 5.65. The molecular formula is C18H14N4OS. The van der Waals surface area contributed by atoms with Crippen molar-refractivity contribution in [1.82, 2.24) is 15.0 Å². The number of hydrogen-bond acceptors (Lipinski definition) is 5. The minimum absolute atomic E-state index is 0.198. The maximum Gasteiger partial charge on any atom is 0.257 e. The summed E-state index contributed by atoms with van der Waals surface area (Å²) in [4.78, 5) is 25.5. The third kappa shape index (κ3) is 2.61. The fourth-order valence-corrected chi connectivity index (χ4v) is 3.61. The summed E-state index contributed by atoms with van der Waals surface area (Å²) in [5.41, 5.74) is 5.24. The number of aryl methyl sites for hydroxylation is 2. The van der Waals surface area contributed by atoms with Crippen LogP contribution in [0.5, 0.6) is 0 Å². The second-order valence-corrected chi connectivity index (χ2v) is 6.66. The quantitative estimate of drug-likeness (QED) is 0.599. The van der Waals surface area contributed by atoms with E-state index in [9.17, 15) is 4.79 Å². The highest BCUT2D eigenvalue weighted by Crippen LogP contribution is 2.30. The Hall–Kier alpha value is -2.86. The van der Waals surface area contributed by atoms with Gasteiger partial charge in [-0.2, -0.15) is 0 Å². The summed E-state index contributed by atoms with van der Waals surface area (Å²) in [5.74, 6) is -0.198. The molecule has 0 fully saturated rings. The Morgan fingerprint density at radius 3 is 2.62 bits per heavy atom. The number of benzene rings is 2. The van der Waals surface area contributed by atoms with Crippen LogP contribution in [0.25, 0.3) is 21.3 Å². The number of carbonyl (C=O) groups is 1. The normalized spacial score (nSPS) is 11.1. The van der Waals surface area contributed by atoms with Crippen molar-refractivity contribution in [1.29, 1.82) is 0 Å². The first kappa shape index (κ1) is 14.7. The predicted octanol–water partition coefficient (Wildman–Crippen LogP) is 4.11. The van der Waals surface area contributed by atoms with E-state index in [1.54, 1.807) is 30.6 Å². The average molecular weight is 334 g/mol. The zero-order valence-electron chi connectivity index (χ0n) is 13.2. The van der Waals surface area contributed by atoms with Crippen LogP contribution in [0, 0.1) is 13.8 Å². The Labute approximate surface area is 142 Å².